The Hall–Kier alpha value is -5.35. The lowest BCUT2D eigenvalue weighted by atomic mass is 10.0. The van der Waals surface area contributed by atoms with Gasteiger partial charge in [0, 0.05) is 64.8 Å². The van der Waals surface area contributed by atoms with Crippen LogP contribution in [0.3, 0.4) is 0 Å². The molecule has 0 fully saturated rings. The molecule has 0 heterocycles. The highest BCUT2D eigenvalue weighted by Gasteiger charge is 2.28. The Labute approximate surface area is 396 Å². The first-order valence-corrected chi connectivity index (χ1v) is 26.1. The van der Waals surface area contributed by atoms with Crippen molar-refractivity contribution in [3.05, 3.63) is 250 Å². The number of thioether (sulfide) groups is 4. The zero-order chi connectivity index (χ0) is 44.3. The molecule has 8 aromatic rings. The second kappa shape index (κ2) is 22.0. The smallest absolute Gasteiger partial charge is 0.194 e. The molecule has 0 bridgehead atoms. The molecule has 0 aliphatic rings. The van der Waals surface area contributed by atoms with Gasteiger partial charge < -0.3 is 0 Å². The number of aryl methyl sites for hydroxylation is 2. The zero-order valence-electron chi connectivity index (χ0n) is 35.6. The molecule has 0 atom stereocenters. The highest BCUT2D eigenvalue weighted by atomic mass is 32.2. The molecule has 0 aromatic heterocycles. The minimum Gasteiger partial charge on any atom is -0.289 e. The summed E-state index contributed by atoms with van der Waals surface area (Å²) >= 11 is 6.45. The predicted molar refractivity (Wildman–Crippen MR) is 271 cm³/mol. The van der Waals surface area contributed by atoms with Gasteiger partial charge >= 0.3 is 0 Å². The van der Waals surface area contributed by atoms with Crippen LogP contribution in [0, 0.1) is 13.8 Å². The normalized spacial score (nSPS) is 11.2. The van der Waals surface area contributed by atoms with E-state index in [4.69, 9.17) is 0 Å². The van der Waals surface area contributed by atoms with Crippen LogP contribution < -0.4 is 0 Å². The number of carbonyl (C=O) groups excluding carboxylic acids is 2. The van der Waals surface area contributed by atoms with Crippen molar-refractivity contribution in [2.45, 2.75) is 66.2 Å². The number of hydrogen-bond acceptors (Lipinski definition) is 7. The summed E-state index contributed by atoms with van der Waals surface area (Å²) in [7, 11) is -1.73. The first-order chi connectivity index (χ1) is 31.3. The van der Waals surface area contributed by atoms with Gasteiger partial charge in [0.2, 0.25) is 0 Å². The van der Waals surface area contributed by atoms with Gasteiger partial charge in [-0.15, -0.1) is 47.0 Å². The fourth-order valence-electron chi connectivity index (χ4n) is 7.06. The van der Waals surface area contributed by atoms with Crippen LogP contribution in [0.4, 0.5) is 0 Å². The third-order valence-electron chi connectivity index (χ3n) is 10.6. The molecule has 0 amide bonds. The lowest BCUT2D eigenvalue weighted by Gasteiger charge is -2.21. The van der Waals surface area contributed by atoms with Gasteiger partial charge in [-0.3, -0.25) is 9.59 Å². The maximum absolute atomic E-state index is 15.8. The van der Waals surface area contributed by atoms with Crippen LogP contribution in [0.25, 0.3) is 0 Å². The molecule has 318 valence electrons. The van der Waals surface area contributed by atoms with E-state index in [1.165, 1.54) is 0 Å². The van der Waals surface area contributed by atoms with E-state index in [0.717, 1.165) is 53.0 Å². The largest absolute Gasteiger partial charge is 0.289 e. The highest BCUT2D eigenvalue weighted by Crippen LogP contribution is 2.46. The molecule has 8 heteroatoms. The number of hydrogen-bond donors (Lipinski definition) is 0. The van der Waals surface area contributed by atoms with E-state index in [0.29, 0.717) is 55.1 Å². The van der Waals surface area contributed by atoms with Crippen molar-refractivity contribution in [2.24, 2.45) is 0 Å². The number of rotatable bonds is 18. The lowest BCUT2D eigenvalue weighted by Crippen LogP contribution is -2.09. The van der Waals surface area contributed by atoms with Gasteiger partial charge in [-0.25, -0.2) is 4.21 Å². The number of ketones is 2. The molecule has 0 N–H and O–H groups in total. The van der Waals surface area contributed by atoms with Crippen LogP contribution in [0.5, 0.6) is 0 Å². The van der Waals surface area contributed by atoms with Crippen molar-refractivity contribution < 1.29 is 13.8 Å². The molecule has 8 aromatic carbocycles. The minimum absolute atomic E-state index is 0.0767. The summed E-state index contributed by atoms with van der Waals surface area (Å²) in [6, 6.07) is 63.9. The molecule has 3 nitrogen and oxygen atoms in total. The fraction of sp³-hybridized carbons (Fsp3) is 0.107. The van der Waals surface area contributed by atoms with Crippen molar-refractivity contribution in [1.82, 2.24) is 0 Å². The molecule has 0 aliphatic heterocycles. The summed E-state index contributed by atoms with van der Waals surface area (Å²) < 4.78 is 15.8. The third kappa shape index (κ3) is 11.3. The monoisotopic (exact) mass is 926 g/mol. The quantitative estimate of drug-likeness (QED) is 0.0628. The van der Waals surface area contributed by atoms with Crippen LogP contribution in [0.1, 0.15) is 65.2 Å². The fourth-order valence-corrected chi connectivity index (χ4v) is 13.9. The van der Waals surface area contributed by atoms with Crippen LogP contribution in [-0.4, -0.2) is 15.8 Å². The summed E-state index contributed by atoms with van der Waals surface area (Å²) in [5.74, 6) is 2.32. The molecule has 0 aliphatic carbocycles. The van der Waals surface area contributed by atoms with Gasteiger partial charge in [-0.05, 0) is 60.4 Å². The van der Waals surface area contributed by atoms with E-state index in [9.17, 15) is 9.59 Å². The second-order valence-corrected chi connectivity index (χ2v) is 20.7. The van der Waals surface area contributed by atoms with Crippen molar-refractivity contribution in [2.75, 3.05) is 0 Å². The molecule has 8 rings (SSSR count). The first kappa shape index (κ1) is 45.2. The van der Waals surface area contributed by atoms with Crippen LogP contribution >= 0.6 is 47.0 Å². The Kier molecular flexibility index (Phi) is 15.6. The Morgan fingerprint density at radius 3 is 0.938 bits per heavy atom. The Bertz CT molecular complexity index is 2670. The van der Waals surface area contributed by atoms with Crippen molar-refractivity contribution >= 4 is 69.4 Å². The second-order valence-electron chi connectivity index (χ2n) is 15.3. The van der Waals surface area contributed by atoms with Crippen LogP contribution in [-0.2, 0) is 33.8 Å². The molecule has 0 radical (unpaired) electrons. The lowest BCUT2D eigenvalue weighted by molar-refractivity contribution is 0.102. The van der Waals surface area contributed by atoms with E-state index >= 15 is 4.21 Å². The maximum Gasteiger partial charge on any atom is 0.194 e. The predicted octanol–water partition coefficient (Wildman–Crippen LogP) is 15.1. The van der Waals surface area contributed by atoms with Crippen molar-refractivity contribution in [3.63, 3.8) is 0 Å². The SMILES string of the molecule is Cc1ccc(C(=O)c2ccc(S(=O)c3ccc(C(=O)c4ccc(C)cc4)c(SCc4ccccc4)c3SCc3ccccc3)c(SCc3ccccc3)c2SCc2ccccc2)cc1. The topological polar surface area (TPSA) is 51.2 Å². The molecule has 0 saturated carbocycles. The van der Waals surface area contributed by atoms with Gasteiger partial charge in [0.25, 0.3) is 0 Å². The summed E-state index contributed by atoms with van der Waals surface area (Å²) in [6.45, 7) is 4.03. The Balaban J connectivity index is 1.31. The Morgan fingerprint density at radius 1 is 0.359 bits per heavy atom. The molecular weight excluding hydrogens is 881 g/mol. The summed E-state index contributed by atoms with van der Waals surface area (Å²) in [6.07, 6.45) is 0. The standard InChI is InChI=1S/C56H46O3S5/c1-39-23-27-45(28-24-39)51(57)47-31-33-49(55(62-37-43-19-11-5-12-20-43)53(47)60-35-41-15-7-3-8-16-41)64(59)50-34-32-48(52(58)46-29-25-40(2)26-30-46)54(61-36-42-17-9-4-10-18-42)56(50)63-38-44-21-13-6-14-22-44/h3-34H,35-38H2,1-2H3. The molecule has 0 spiro atoms. The van der Waals surface area contributed by atoms with E-state index in [1.54, 1.807) is 47.0 Å². The summed E-state index contributed by atoms with van der Waals surface area (Å²) in [4.78, 5) is 33.7. The first-order valence-electron chi connectivity index (χ1n) is 21.0. The number of benzene rings is 8. The molecule has 0 unspecified atom stereocenters. The molecule has 64 heavy (non-hydrogen) atoms. The zero-order valence-corrected chi connectivity index (χ0v) is 39.7. The minimum atomic E-state index is -1.73. The third-order valence-corrected chi connectivity index (χ3v) is 17.3. The van der Waals surface area contributed by atoms with Gasteiger partial charge in [0.15, 0.2) is 11.6 Å². The van der Waals surface area contributed by atoms with Gasteiger partial charge in [-0.1, -0.05) is 181 Å². The van der Waals surface area contributed by atoms with Crippen LogP contribution in [0.15, 0.2) is 223 Å². The van der Waals surface area contributed by atoms with Gasteiger partial charge in [0.1, 0.15) is 0 Å². The average Bonchev–Trinajstić information content (AvgIpc) is 3.34. The van der Waals surface area contributed by atoms with E-state index in [1.807, 2.05) is 159 Å². The number of carbonyl (C=O) groups is 2. The van der Waals surface area contributed by atoms with Gasteiger partial charge in [0.05, 0.1) is 20.6 Å². The maximum atomic E-state index is 15.8. The average molecular weight is 927 g/mol. The summed E-state index contributed by atoms with van der Waals surface area (Å²) in [5, 5.41) is 0. The van der Waals surface area contributed by atoms with E-state index < -0.39 is 10.8 Å². The Morgan fingerprint density at radius 2 is 0.641 bits per heavy atom. The molecular formula is C56H46O3S5. The van der Waals surface area contributed by atoms with Crippen molar-refractivity contribution in [1.29, 1.82) is 0 Å². The van der Waals surface area contributed by atoms with Crippen LogP contribution in [0.2, 0.25) is 0 Å². The van der Waals surface area contributed by atoms with E-state index in [-0.39, 0.29) is 11.6 Å². The highest BCUT2D eigenvalue weighted by molar-refractivity contribution is 8.02. The van der Waals surface area contributed by atoms with E-state index in [2.05, 4.69) is 48.5 Å². The van der Waals surface area contributed by atoms with Crippen molar-refractivity contribution in [3.8, 4) is 0 Å². The van der Waals surface area contributed by atoms with Gasteiger partial charge in [-0.2, -0.15) is 0 Å². The molecule has 0 saturated heterocycles. The summed E-state index contributed by atoms with van der Waals surface area (Å²) in [5.41, 5.74) is 9.02.